The van der Waals surface area contributed by atoms with Crippen molar-refractivity contribution >= 4 is 29.2 Å². The number of amides is 1. The highest BCUT2D eigenvalue weighted by Gasteiger charge is 2.38. The van der Waals surface area contributed by atoms with E-state index in [0.29, 0.717) is 37.3 Å². The van der Waals surface area contributed by atoms with E-state index in [9.17, 15) is 14.7 Å². The van der Waals surface area contributed by atoms with E-state index in [-0.39, 0.29) is 16.7 Å². The van der Waals surface area contributed by atoms with E-state index in [0.717, 1.165) is 16.8 Å². The van der Waals surface area contributed by atoms with Gasteiger partial charge in [0.1, 0.15) is 5.75 Å². The van der Waals surface area contributed by atoms with Gasteiger partial charge in [-0.25, -0.2) is 4.79 Å². The van der Waals surface area contributed by atoms with Crippen LogP contribution in [-0.4, -0.2) is 42.2 Å². The third-order valence-electron chi connectivity index (χ3n) is 4.83. The number of carbonyl (C=O) groups is 2. The molecule has 6 nitrogen and oxygen atoms in total. The molecule has 0 bridgehead atoms. The summed E-state index contributed by atoms with van der Waals surface area (Å²) in [5, 5.41) is 9.88. The van der Waals surface area contributed by atoms with Gasteiger partial charge in [0.25, 0.3) is 5.91 Å². The average Bonchev–Trinajstić information content (AvgIpc) is 3.02. The largest absolute Gasteiger partial charge is 0.508 e. The second kappa shape index (κ2) is 6.21. The van der Waals surface area contributed by atoms with Crippen LogP contribution in [0.4, 0.5) is 5.69 Å². The van der Waals surface area contributed by atoms with E-state index in [1.54, 1.807) is 29.2 Å². The Morgan fingerprint density at radius 3 is 2.88 bits per heavy atom. The number of hydrogen-bond donors (Lipinski definition) is 1. The summed E-state index contributed by atoms with van der Waals surface area (Å²) in [5.74, 6) is -0.452. The highest BCUT2D eigenvalue weighted by Crippen LogP contribution is 2.41. The van der Waals surface area contributed by atoms with Gasteiger partial charge in [0.2, 0.25) is 0 Å². The molecule has 0 fully saturated rings. The van der Waals surface area contributed by atoms with Crippen molar-refractivity contribution in [3.8, 4) is 5.75 Å². The standard InChI is InChI=1S/C19H17ClN2O4/c1-26-19(25)16-13-5-6-21-10-22(9-11-3-2-4-12(23)7-11)18(24)14(17(13)21)8-15(16)20/h2-4,7-8,23H,5-6,9-10H2,1H3. The van der Waals surface area contributed by atoms with Gasteiger partial charge < -0.3 is 19.6 Å². The summed E-state index contributed by atoms with van der Waals surface area (Å²) in [5.41, 5.74) is 3.27. The molecule has 0 aromatic heterocycles. The lowest BCUT2D eigenvalue weighted by molar-refractivity contribution is 0.0598. The summed E-state index contributed by atoms with van der Waals surface area (Å²) in [6.07, 6.45) is 0.639. The number of esters is 1. The van der Waals surface area contributed by atoms with Gasteiger partial charge in [0.05, 0.1) is 35.6 Å². The van der Waals surface area contributed by atoms with E-state index in [4.69, 9.17) is 16.3 Å². The highest BCUT2D eigenvalue weighted by atomic mass is 35.5. The first kappa shape index (κ1) is 16.7. The fourth-order valence-corrected chi connectivity index (χ4v) is 4.02. The number of anilines is 1. The quantitative estimate of drug-likeness (QED) is 0.839. The first-order chi connectivity index (χ1) is 12.5. The monoisotopic (exact) mass is 372 g/mol. The maximum atomic E-state index is 13.0. The van der Waals surface area contributed by atoms with E-state index in [1.165, 1.54) is 7.11 Å². The molecule has 0 saturated heterocycles. The molecular weight excluding hydrogens is 356 g/mol. The van der Waals surface area contributed by atoms with Crippen molar-refractivity contribution in [2.45, 2.75) is 13.0 Å². The molecule has 2 aliphatic rings. The molecule has 7 heteroatoms. The first-order valence-electron chi connectivity index (χ1n) is 8.25. The summed E-state index contributed by atoms with van der Waals surface area (Å²) >= 11 is 6.31. The molecular formula is C19H17ClN2O4. The Morgan fingerprint density at radius 2 is 2.15 bits per heavy atom. The van der Waals surface area contributed by atoms with Crippen molar-refractivity contribution in [3.05, 3.63) is 57.6 Å². The van der Waals surface area contributed by atoms with Gasteiger partial charge in [-0.3, -0.25) is 4.79 Å². The molecule has 4 rings (SSSR count). The maximum Gasteiger partial charge on any atom is 0.339 e. The molecule has 2 aliphatic heterocycles. The lowest BCUT2D eigenvalue weighted by Gasteiger charge is -2.36. The molecule has 1 amide bonds. The topological polar surface area (TPSA) is 70.1 Å². The second-order valence-corrected chi connectivity index (χ2v) is 6.83. The van der Waals surface area contributed by atoms with Crippen LogP contribution in [0.5, 0.6) is 5.75 Å². The minimum absolute atomic E-state index is 0.138. The Labute approximate surface area is 155 Å². The predicted octanol–water partition coefficient (Wildman–Crippen LogP) is 2.81. The van der Waals surface area contributed by atoms with Crippen molar-refractivity contribution in [1.82, 2.24) is 4.90 Å². The molecule has 2 aromatic rings. The number of phenols is 1. The van der Waals surface area contributed by atoms with Crippen molar-refractivity contribution in [2.24, 2.45) is 0 Å². The molecule has 134 valence electrons. The fourth-order valence-electron chi connectivity index (χ4n) is 3.72. The predicted molar refractivity (Wildman–Crippen MR) is 96.7 cm³/mol. The molecule has 0 unspecified atom stereocenters. The lowest BCUT2D eigenvalue weighted by Crippen LogP contribution is -2.45. The first-order valence-corrected chi connectivity index (χ1v) is 8.63. The van der Waals surface area contributed by atoms with Crippen LogP contribution in [0.15, 0.2) is 30.3 Å². The van der Waals surface area contributed by atoms with Crippen LogP contribution < -0.4 is 4.90 Å². The van der Waals surface area contributed by atoms with Gasteiger partial charge in [-0.2, -0.15) is 0 Å². The molecule has 0 aliphatic carbocycles. The van der Waals surface area contributed by atoms with Crippen molar-refractivity contribution in [2.75, 3.05) is 25.2 Å². The average molecular weight is 373 g/mol. The number of hydrogen-bond acceptors (Lipinski definition) is 5. The molecule has 0 spiro atoms. The van der Waals surface area contributed by atoms with Crippen LogP contribution in [0.2, 0.25) is 5.02 Å². The lowest BCUT2D eigenvalue weighted by atomic mass is 9.98. The minimum atomic E-state index is -0.482. The van der Waals surface area contributed by atoms with Gasteiger partial charge in [-0.15, -0.1) is 0 Å². The molecule has 2 aromatic carbocycles. The summed E-state index contributed by atoms with van der Waals surface area (Å²) in [6.45, 7) is 1.52. The normalized spacial score (nSPS) is 15.2. The molecule has 1 N–H and O–H groups in total. The van der Waals surface area contributed by atoms with E-state index in [1.807, 2.05) is 6.07 Å². The third-order valence-corrected chi connectivity index (χ3v) is 5.13. The van der Waals surface area contributed by atoms with Crippen molar-refractivity contribution in [1.29, 1.82) is 0 Å². The fraction of sp³-hybridized carbons (Fsp3) is 0.263. The van der Waals surface area contributed by atoms with E-state index >= 15 is 0 Å². The Kier molecular flexibility index (Phi) is 4.00. The van der Waals surface area contributed by atoms with Gasteiger partial charge in [-0.1, -0.05) is 23.7 Å². The Bertz CT molecular complexity index is 928. The number of benzene rings is 2. The van der Waals surface area contributed by atoms with Crippen LogP contribution >= 0.6 is 11.6 Å². The molecule has 2 heterocycles. The van der Waals surface area contributed by atoms with Crippen LogP contribution in [-0.2, 0) is 17.7 Å². The number of nitrogens with zero attached hydrogens (tertiary/aromatic N) is 2. The van der Waals surface area contributed by atoms with Crippen molar-refractivity contribution < 1.29 is 19.4 Å². The molecule has 0 saturated carbocycles. The van der Waals surface area contributed by atoms with Crippen LogP contribution in [0.3, 0.4) is 0 Å². The molecule has 26 heavy (non-hydrogen) atoms. The van der Waals surface area contributed by atoms with E-state index < -0.39 is 5.97 Å². The van der Waals surface area contributed by atoms with Crippen LogP contribution in [0.25, 0.3) is 0 Å². The number of rotatable bonds is 3. The smallest absolute Gasteiger partial charge is 0.339 e. The SMILES string of the molecule is COC(=O)c1c(Cl)cc2c3c1CCN3CN(Cc1cccc(O)c1)C2=O. The Balaban J connectivity index is 1.73. The zero-order valence-corrected chi connectivity index (χ0v) is 14.9. The summed E-state index contributed by atoms with van der Waals surface area (Å²) in [7, 11) is 1.32. The highest BCUT2D eigenvalue weighted by molar-refractivity contribution is 6.34. The Hall–Kier alpha value is -2.73. The summed E-state index contributed by atoms with van der Waals surface area (Å²) in [6, 6.07) is 8.41. The van der Waals surface area contributed by atoms with Gasteiger partial charge >= 0.3 is 5.97 Å². The Morgan fingerprint density at radius 1 is 1.35 bits per heavy atom. The van der Waals surface area contributed by atoms with Crippen molar-refractivity contribution in [3.63, 3.8) is 0 Å². The minimum Gasteiger partial charge on any atom is -0.508 e. The van der Waals surface area contributed by atoms with Gasteiger partial charge in [0, 0.05) is 13.1 Å². The zero-order chi connectivity index (χ0) is 18.4. The maximum absolute atomic E-state index is 13.0. The summed E-state index contributed by atoms with van der Waals surface area (Å²) < 4.78 is 4.85. The van der Waals surface area contributed by atoms with Crippen LogP contribution in [0, 0.1) is 0 Å². The number of halogens is 1. The van der Waals surface area contributed by atoms with Gasteiger partial charge in [0.15, 0.2) is 0 Å². The zero-order valence-electron chi connectivity index (χ0n) is 14.2. The number of phenolic OH excluding ortho intramolecular Hbond substituents is 1. The van der Waals surface area contributed by atoms with E-state index in [2.05, 4.69) is 4.90 Å². The van der Waals surface area contributed by atoms with Crippen LogP contribution in [0.1, 0.15) is 31.8 Å². The third kappa shape index (κ3) is 2.57. The summed E-state index contributed by atoms with van der Waals surface area (Å²) in [4.78, 5) is 28.9. The number of aromatic hydroxyl groups is 1. The number of methoxy groups -OCH3 is 1. The molecule has 0 radical (unpaired) electrons. The van der Waals surface area contributed by atoms with Gasteiger partial charge in [-0.05, 0) is 35.7 Å². The number of carbonyl (C=O) groups excluding carboxylic acids is 2. The number of ether oxygens (including phenoxy) is 1. The molecule has 0 atom stereocenters. The second-order valence-electron chi connectivity index (χ2n) is 6.43.